The Morgan fingerprint density at radius 1 is 1.00 bits per heavy atom. The number of carboxylic acids is 2. The molecule has 0 aliphatic heterocycles. The fourth-order valence-electron chi connectivity index (χ4n) is 9.51. The van der Waals surface area contributed by atoms with E-state index < -0.39 is 94.1 Å². The number of rotatable bonds is 11. The Bertz CT molecular complexity index is 1530. The predicted molar refractivity (Wildman–Crippen MR) is 169 cm³/mol. The lowest BCUT2D eigenvalue weighted by Crippen LogP contribution is -2.64. The van der Waals surface area contributed by atoms with E-state index in [0.717, 1.165) is 0 Å². The number of ether oxygens (including phenoxy) is 1. The van der Waals surface area contributed by atoms with E-state index >= 15 is 0 Å². The van der Waals surface area contributed by atoms with Crippen molar-refractivity contribution in [1.29, 1.82) is 0 Å². The van der Waals surface area contributed by atoms with Crippen LogP contribution >= 0.6 is 0 Å². The highest BCUT2D eigenvalue weighted by Gasteiger charge is 2.74. The van der Waals surface area contributed by atoms with Gasteiger partial charge in [-0.15, -0.1) is 0 Å². The van der Waals surface area contributed by atoms with E-state index in [2.05, 4.69) is 0 Å². The molecule has 4 aliphatic carbocycles. The Balaban J connectivity index is 1.71. The van der Waals surface area contributed by atoms with Crippen molar-refractivity contribution in [2.75, 3.05) is 6.61 Å². The fraction of sp³-hybridized carbons (Fsp3) is 0.694. The number of Topliss-reactive ketones (excluding diaryl/α,β-unsaturated/α-hetero) is 4. The molecular weight excluding hydrogens is 624 g/mol. The van der Waals surface area contributed by atoms with Gasteiger partial charge < -0.3 is 25.2 Å². The van der Waals surface area contributed by atoms with Gasteiger partial charge in [0.1, 0.15) is 24.3 Å². The Kier molecular flexibility index (Phi) is 9.66. The SMILES string of the molecule is C/C(=C\CCC(C)[C@H]1CC(=O)[C@@]2(C)C3=C(C(=O)C(O)[C@]12C)[C@@]1(C)CCC(=O)[C@@](C)(COC(=O)CC(C)(O)CC(=O)O)[C@@H]1CC3=O)C(=O)O. The second-order valence-electron chi connectivity index (χ2n) is 15.7. The monoisotopic (exact) mass is 672 g/mol. The van der Waals surface area contributed by atoms with E-state index in [9.17, 15) is 48.9 Å². The highest BCUT2D eigenvalue weighted by molar-refractivity contribution is 6.18. The van der Waals surface area contributed by atoms with Crippen LogP contribution in [0.2, 0.25) is 0 Å². The minimum atomic E-state index is -1.89. The molecule has 12 heteroatoms. The van der Waals surface area contributed by atoms with Crippen molar-refractivity contribution in [3.8, 4) is 0 Å². The number of allylic oxidation sites excluding steroid dienone is 2. The molecule has 4 aliphatic rings. The molecule has 9 atom stereocenters. The van der Waals surface area contributed by atoms with Crippen LogP contribution in [0.3, 0.4) is 0 Å². The van der Waals surface area contributed by atoms with Gasteiger partial charge in [-0.25, -0.2) is 4.79 Å². The molecule has 4 rings (SSSR count). The smallest absolute Gasteiger partial charge is 0.330 e. The summed E-state index contributed by atoms with van der Waals surface area (Å²) >= 11 is 0. The average molecular weight is 673 g/mol. The highest BCUT2D eigenvalue weighted by Crippen LogP contribution is 2.69. The van der Waals surface area contributed by atoms with Crippen molar-refractivity contribution in [2.24, 2.45) is 39.4 Å². The highest BCUT2D eigenvalue weighted by atomic mass is 16.5. The third kappa shape index (κ3) is 5.68. The summed E-state index contributed by atoms with van der Waals surface area (Å²) in [6.07, 6.45) is -0.464. The number of ketones is 4. The standard InChI is InChI=1S/C36H48O12/c1-18(9-8-10-19(2)31(45)46)20-13-24(39)36(7)27-21(37)14-22-33(4,28(27)29(43)30(44)35(20,36)6)12-11-23(38)34(22,5)17-48-26(42)16-32(3,47)15-25(40)41/h10,18,20,22,30,44,47H,8-9,11-17H2,1-7H3,(H,40,41)(H,45,46)/b19-10+/t18?,20-,22-,30?,32?,33+,34+,35+,36+/m1/s1. The third-order valence-corrected chi connectivity index (χ3v) is 12.6. The minimum Gasteiger partial charge on any atom is -0.481 e. The third-order valence-electron chi connectivity index (χ3n) is 12.6. The number of esters is 1. The molecule has 0 amide bonds. The molecule has 0 aromatic heterocycles. The lowest BCUT2D eigenvalue weighted by molar-refractivity contribution is -0.167. The molecule has 4 N–H and O–H groups in total. The molecule has 12 nitrogen and oxygen atoms in total. The molecular formula is C36H48O12. The van der Waals surface area contributed by atoms with Crippen LogP contribution in [0.15, 0.2) is 22.8 Å². The second-order valence-corrected chi connectivity index (χ2v) is 15.7. The van der Waals surface area contributed by atoms with E-state index in [1.807, 2.05) is 6.92 Å². The van der Waals surface area contributed by atoms with Crippen molar-refractivity contribution in [1.82, 2.24) is 0 Å². The summed E-state index contributed by atoms with van der Waals surface area (Å²) in [5.41, 5.74) is -6.91. The molecule has 0 aromatic carbocycles. The molecule has 264 valence electrons. The number of fused-ring (bicyclic) bond motifs is 4. The van der Waals surface area contributed by atoms with E-state index in [0.29, 0.717) is 12.8 Å². The van der Waals surface area contributed by atoms with Gasteiger partial charge in [0.2, 0.25) is 0 Å². The van der Waals surface area contributed by atoms with Crippen LogP contribution < -0.4 is 0 Å². The molecule has 2 saturated carbocycles. The van der Waals surface area contributed by atoms with Crippen LogP contribution in [0.25, 0.3) is 0 Å². The van der Waals surface area contributed by atoms with Gasteiger partial charge in [0.25, 0.3) is 0 Å². The summed E-state index contributed by atoms with van der Waals surface area (Å²) in [5.74, 6) is -6.44. The number of aliphatic hydroxyl groups is 2. The molecule has 0 bridgehead atoms. The molecule has 0 saturated heterocycles. The zero-order valence-corrected chi connectivity index (χ0v) is 28.8. The number of carboxylic acid groups (broad SMARTS) is 2. The van der Waals surface area contributed by atoms with Crippen LogP contribution in [0, 0.1) is 39.4 Å². The Labute approximate surface area is 280 Å². The summed E-state index contributed by atoms with van der Waals surface area (Å²) in [6.45, 7) is 10.8. The van der Waals surface area contributed by atoms with Crippen LogP contribution in [0.5, 0.6) is 0 Å². The maximum Gasteiger partial charge on any atom is 0.330 e. The number of hydrogen-bond donors (Lipinski definition) is 4. The van der Waals surface area contributed by atoms with Gasteiger partial charge in [-0.3, -0.25) is 28.8 Å². The Morgan fingerprint density at radius 2 is 1.62 bits per heavy atom. The minimum absolute atomic E-state index is 0.0169. The van der Waals surface area contributed by atoms with Crippen LogP contribution in [-0.2, 0) is 38.3 Å². The average Bonchev–Trinajstić information content (AvgIpc) is 3.19. The van der Waals surface area contributed by atoms with Crippen LogP contribution in [0.4, 0.5) is 0 Å². The number of hydrogen-bond acceptors (Lipinski definition) is 10. The number of aliphatic carboxylic acids is 2. The van der Waals surface area contributed by atoms with E-state index in [4.69, 9.17) is 9.84 Å². The van der Waals surface area contributed by atoms with Gasteiger partial charge in [-0.2, -0.15) is 0 Å². The molecule has 0 heterocycles. The number of carbonyl (C=O) groups excluding carboxylic acids is 5. The quantitative estimate of drug-likeness (QED) is 0.184. The number of aliphatic hydroxyl groups excluding tert-OH is 1. The van der Waals surface area contributed by atoms with Crippen molar-refractivity contribution < 1.29 is 58.7 Å². The van der Waals surface area contributed by atoms with Gasteiger partial charge in [0.15, 0.2) is 11.6 Å². The maximum atomic E-state index is 14.4. The van der Waals surface area contributed by atoms with Gasteiger partial charge in [0.05, 0.1) is 29.3 Å². The number of carbonyl (C=O) groups is 7. The van der Waals surface area contributed by atoms with E-state index in [1.54, 1.807) is 33.8 Å². The Hall–Kier alpha value is -3.51. The van der Waals surface area contributed by atoms with Crippen molar-refractivity contribution in [3.05, 3.63) is 22.8 Å². The summed E-state index contributed by atoms with van der Waals surface area (Å²) in [4.78, 5) is 91.4. The van der Waals surface area contributed by atoms with E-state index in [1.165, 1.54) is 13.8 Å². The largest absolute Gasteiger partial charge is 0.481 e. The lowest BCUT2D eigenvalue weighted by Gasteiger charge is -2.59. The van der Waals surface area contributed by atoms with Crippen LogP contribution in [-0.4, -0.2) is 79.8 Å². The van der Waals surface area contributed by atoms with Crippen molar-refractivity contribution >= 4 is 41.0 Å². The topological polar surface area (TPSA) is 210 Å². The van der Waals surface area contributed by atoms with Crippen molar-refractivity contribution in [2.45, 2.75) is 112 Å². The van der Waals surface area contributed by atoms with Crippen LogP contribution in [0.1, 0.15) is 99.8 Å². The molecule has 0 spiro atoms. The summed E-state index contributed by atoms with van der Waals surface area (Å²) in [7, 11) is 0. The fourth-order valence-corrected chi connectivity index (χ4v) is 9.51. The molecule has 0 radical (unpaired) electrons. The molecule has 0 aromatic rings. The van der Waals surface area contributed by atoms with E-state index in [-0.39, 0.29) is 59.9 Å². The Morgan fingerprint density at radius 3 is 2.21 bits per heavy atom. The first kappa shape index (κ1) is 37.3. The predicted octanol–water partition coefficient (Wildman–Crippen LogP) is 3.40. The molecule has 3 unspecified atom stereocenters. The van der Waals surface area contributed by atoms with Gasteiger partial charge in [-0.05, 0) is 64.7 Å². The maximum absolute atomic E-state index is 14.4. The second kappa shape index (κ2) is 12.4. The summed E-state index contributed by atoms with van der Waals surface area (Å²) in [5, 5.41) is 40.5. The van der Waals surface area contributed by atoms with Gasteiger partial charge in [0, 0.05) is 46.8 Å². The zero-order valence-electron chi connectivity index (χ0n) is 28.8. The van der Waals surface area contributed by atoms with Gasteiger partial charge in [-0.1, -0.05) is 26.8 Å². The molecule has 2 fully saturated rings. The first-order valence-electron chi connectivity index (χ1n) is 16.6. The lowest BCUT2D eigenvalue weighted by atomic mass is 9.42. The summed E-state index contributed by atoms with van der Waals surface area (Å²) < 4.78 is 5.44. The van der Waals surface area contributed by atoms with Gasteiger partial charge >= 0.3 is 17.9 Å². The van der Waals surface area contributed by atoms with Crippen molar-refractivity contribution in [3.63, 3.8) is 0 Å². The molecule has 48 heavy (non-hydrogen) atoms. The zero-order chi connectivity index (χ0) is 36.4. The summed E-state index contributed by atoms with van der Waals surface area (Å²) in [6, 6.07) is 0. The first-order chi connectivity index (χ1) is 22.0. The normalized spacial score (nSPS) is 36.9. The first-order valence-corrected chi connectivity index (χ1v) is 16.6.